The predicted molar refractivity (Wildman–Crippen MR) is 145 cm³/mol. The van der Waals surface area contributed by atoms with Gasteiger partial charge in [0, 0.05) is 12.8 Å². The number of fused-ring (bicyclic) bond motifs is 1. The highest BCUT2D eigenvalue weighted by Crippen LogP contribution is 2.59. The third-order valence-electron chi connectivity index (χ3n) is 9.63. The smallest absolute Gasteiger partial charge is 0.306 e. The SMILES string of the molecule is C=C1C(=CC=C2CCC[C@]3(C)[C@@H]([C@H](C)C=C[C@@H](OC(=O)CCCC)C4CC4)CC[C@@H]23)C[C@@H](O)C[C@@H]1O. The lowest BCUT2D eigenvalue weighted by Crippen LogP contribution is -2.35. The Morgan fingerprint density at radius 1 is 1.19 bits per heavy atom. The molecule has 0 aromatic rings. The van der Waals surface area contributed by atoms with Gasteiger partial charge in [0.05, 0.1) is 12.2 Å². The second-order valence-corrected chi connectivity index (χ2v) is 12.3. The Kier molecular flexibility index (Phi) is 8.99. The van der Waals surface area contributed by atoms with Gasteiger partial charge in [-0.1, -0.05) is 57.6 Å². The van der Waals surface area contributed by atoms with Crippen molar-refractivity contribution >= 4 is 5.97 Å². The van der Waals surface area contributed by atoms with Gasteiger partial charge in [-0.3, -0.25) is 4.79 Å². The van der Waals surface area contributed by atoms with Gasteiger partial charge in [-0.15, -0.1) is 0 Å². The molecule has 4 aliphatic rings. The molecule has 0 saturated heterocycles. The summed E-state index contributed by atoms with van der Waals surface area (Å²) in [7, 11) is 0. The number of unbranched alkanes of at least 4 members (excludes halogenated alkanes) is 1. The first kappa shape index (κ1) is 27.4. The van der Waals surface area contributed by atoms with Gasteiger partial charge < -0.3 is 14.9 Å². The first-order valence-corrected chi connectivity index (χ1v) is 14.6. The molecule has 0 unspecified atom stereocenters. The van der Waals surface area contributed by atoms with Crippen molar-refractivity contribution in [3.8, 4) is 0 Å². The van der Waals surface area contributed by atoms with Gasteiger partial charge in [-0.25, -0.2) is 0 Å². The Morgan fingerprint density at radius 3 is 2.69 bits per heavy atom. The van der Waals surface area contributed by atoms with E-state index in [9.17, 15) is 15.0 Å². The number of carbonyl (C=O) groups is 1. The molecule has 2 N–H and O–H groups in total. The molecule has 4 rings (SSSR count). The van der Waals surface area contributed by atoms with Crippen molar-refractivity contribution < 1.29 is 19.7 Å². The summed E-state index contributed by atoms with van der Waals surface area (Å²) in [5.74, 6) is 2.13. The standard InChI is InChI=1S/C32H48O4/c1-5-6-9-31(35)36-30(24-12-13-24)17-10-21(2)27-15-16-28-23(8-7-18-32(27,28)4)11-14-25-19-26(33)20-29(34)22(25)3/h10-11,14,17,21,24,26-30,33-34H,3,5-9,12-13,15-16,18-20H2,1-2,4H3/t21-,26-,27-,28+,29+,30-,32-/m1/s1. The van der Waals surface area contributed by atoms with Crippen LogP contribution in [-0.2, 0) is 9.53 Å². The molecule has 0 radical (unpaired) electrons. The third-order valence-corrected chi connectivity index (χ3v) is 9.63. The monoisotopic (exact) mass is 496 g/mol. The van der Waals surface area contributed by atoms with Crippen LogP contribution >= 0.6 is 0 Å². The minimum atomic E-state index is -0.635. The molecule has 4 nitrogen and oxygen atoms in total. The van der Waals surface area contributed by atoms with E-state index in [1.165, 1.54) is 31.3 Å². The molecule has 7 atom stereocenters. The summed E-state index contributed by atoms with van der Waals surface area (Å²) in [5.41, 5.74) is 3.56. The van der Waals surface area contributed by atoms with Crippen LogP contribution in [0.5, 0.6) is 0 Å². The van der Waals surface area contributed by atoms with Crippen LogP contribution in [0, 0.1) is 29.1 Å². The highest BCUT2D eigenvalue weighted by molar-refractivity contribution is 5.69. The van der Waals surface area contributed by atoms with Gasteiger partial charge in [0.25, 0.3) is 0 Å². The number of hydrogen-bond acceptors (Lipinski definition) is 4. The number of carbonyl (C=O) groups excluding carboxylic acids is 1. The van der Waals surface area contributed by atoms with E-state index in [-0.39, 0.29) is 17.5 Å². The van der Waals surface area contributed by atoms with E-state index in [0.717, 1.165) is 43.3 Å². The Morgan fingerprint density at radius 2 is 1.97 bits per heavy atom. The lowest BCUT2D eigenvalue weighted by atomic mass is 9.61. The molecule has 4 aliphatic carbocycles. The van der Waals surface area contributed by atoms with E-state index in [1.807, 2.05) is 0 Å². The largest absolute Gasteiger partial charge is 0.458 e. The van der Waals surface area contributed by atoms with E-state index in [4.69, 9.17) is 4.74 Å². The molecular weight excluding hydrogens is 448 g/mol. The first-order chi connectivity index (χ1) is 17.2. The zero-order valence-electron chi connectivity index (χ0n) is 22.8. The normalized spacial score (nSPS) is 36.9. The summed E-state index contributed by atoms with van der Waals surface area (Å²) in [6.45, 7) is 11.0. The van der Waals surface area contributed by atoms with Crippen LogP contribution in [0.4, 0.5) is 0 Å². The molecule has 0 aromatic heterocycles. The number of aliphatic hydroxyl groups is 2. The van der Waals surface area contributed by atoms with Crippen molar-refractivity contribution in [3.05, 3.63) is 47.6 Å². The average molecular weight is 497 g/mol. The number of aliphatic hydroxyl groups excluding tert-OH is 2. The van der Waals surface area contributed by atoms with Crippen LogP contribution in [0.1, 0.15) is 97.8 Å². The quantitative estimate of drug-likeness (QED) is 0.271. The van der Waals surface area contributed by atoms with E-state index < -0.39 is 12.2 Å². The minimum absolute atomic E-state index is 0.0455. The summed E-state index contributed by atoms with van der Waals surface area (Å²) >= 11 is 0. The van der Waals surface area contributed by atoms with Gasteiger partial charge in [0.15, 0.2) is 0 Å². The van der Waals surface area contributed by atoms with Crippen molar-refractivity contribution in [1.82, 2.24) is 0 Å². The summed E-state index contributed by atoms with van der Waals surface area (Å²) in [5, 5.41) is 20.3. The number of ether oxygens (including phenoxy) is 1. The lowest BCUT2D eigenvalue weighted by molar-refractivity contribution is -0.147. The highest BCUT2D eigenvalue weighted by Gasteiger charge is 2.50. The highest BCUT2D eigenvalue weighted by atomic mass is 16.5. The van der Waals surface area contributed by atoms with Crippen molar-refractivity contribution in [2.45, 2.75) is 116 Å². The van der Waals surface area contributed by atoms with E-state index in [2.05, 4.69) is 51.7 Å². The van der Waals surface area contributed by atoms with E-state index in [0.29, 0.717) is 42.9 Å². The molecule has 0 spiro atoms. The fraction of sp³-hybridized carbons (Fsp3) is 0.719. The summed E-state index contributed by atoms with van der Waals surface area (Å²) in [4.78, 5) is 12.3. The topological polar surface area (TPSA) is 66.8 Å². The minimum Gasteiger partial charge on any atom is -0.458 e. The molecular formula is C32H48O4. The van der Waals surface area contributed by atoms with Crippen molar-refractivity contribution in [3.63, 3.8) is 0 Å². The zero-order chi connectivity index (χ0) is 25.9. The molecule has 36 heavy (non-hydrogen) atoms. The maximum atomic E-state index is 12.3. The fourth-order valence-electron chi connectivity index (χ4n) is 7.28. The van der Waals surface area contributed by atoms with Crippen LogP contribution in [0.2, 0.25) is 0 Å². The Labute approximate surface area is 218 Å². The molecule has 4 heteroatoms. The molecule has 0 amide bonds. The Balaban J connectivity index is 1.43. The molecule has 0 bridgehead atoms. The van der Waals surface area contributed by atoms with Crippen LogP contribution in [-0.4, -0.2) is 34.5 Å². The van der Waals surface area contributed by atoms with Crippen molar-refractivity contribution in [2.75, 3.05) is 0 Å². The molecule has 4 fully saturated rings. The van der Waals surface area contributed by atoms with Crippen molar-refractivity contribution in [2.24, 2.45) is 29.1 Å². The van der Waals surface area contributed by atoms with Gasteiger partial charge in [-0.05, 0) is 104 Å². The third kappa shape index (κ3) is 6.25. The summed E-state index contributed by atoms with van der Waals surface area (Å²) < 4.78 is 5.87. The summed E-state index contributed by atoms with van der Waals surface area (Å²) in [6.07, 6.45) is 19.6. The lowest BCUT2D eigenvalue weighted by Gasteiger charge is -2.44. The number of rotatable bonds is 9. The van der Waals surface area contributed by atoms with Gasteiger partial charge in [-0.2, -0.15) is 0 Å². The van der Waals surface area contributed by atoms with Gasteiger partial charge in [0.2, 0.25) is 0 Å². The maximum absolute atomic E-state index is 12.3. The number of hydrogen-bond donors (Lipinski definition) is 2. The van der Waals surface area contributed by atoms with Gasteiger partial charge >= 0.3 is 5.97 Å². The second kappa shape index (κ2) is 11.8. The van der Waals surface area contributed by atoms with Crippen LogP contribution in [0.15, 0.2) is 47.6 Å². The van der Waals surface area contributed by atoms with Crippen LogP contribution in [0.25, 0.3) is 0 Å². The molecule has 0 aliphatic heterocycles. The Bertz CT molecular complexity index is 894. The van der Waals surface area contributed by atoms with Crippen molar-refractivity contribution in [1.29, 1.82) is 0 Å². The summed E-state index contributed by atoms with van der Waals surface area (Å²) in [6, 6.07) is 0. The van der Waals surface area contributed by atoms with Gasteiger partial charge in [0.1, 0.15) is 6.10 Å². The average Bonchev–Trinajstić information content (AvgIpc) is 3.62. The number of allylic oxidation sites excluding steroid dienone is 4. The maximum Gasteiger partial charge on any atom is 0.306 e. The fourth-order valence-corrected chi connectivity index (χ4v) is 7.28. The van der Waals surface area contributed by atoms with E-state index in [1.54, 1.807) is 0 Å². The molecule has 0 heterocycles. The first-order valence-electron chi connectivity index (χ1n) is 14.6. The zero-order valence-corrected chi connectivity index (χ0v) is 22.8. The van der Waals surface area contributed by atoms with E-state index >= 15 is 0 Å². The second-order valence-electron chi connectivity index (χ2n) is 12.3. The predicted octanol–water partition coefficient (Wildman–Crippen LogP) is 6.83. The molecule has 200 valence electrons. The van der Waals surface area contributed by atoms with Crippen LogP contribution < -0.4 is 0 Å². The molecule has 0 aromatic carbocycles. The molecule has 4 saturated carbocycles. The number of esters is 1. The Hall–Kier alpha value is -1.65. The van der Waals surface area contributed by atoms with Crippen LogP contribution in [0.3, 0.4) is 0 Å².